The van der Waals surface area contributed by atoms with Crippen molar-refractivity contribution in [3.05, 3.63) is 56.7 Å². The second-order valence-corrected chi connectivity index (χ2v) is 5.66. The average molecular weight is 266 g/mol. The molecule has 0 saturated heterocycles. The zero-order valence-electron chi connectivity index (χ0n) is 10.0. The fourth-order valence-electron chi connectivity index (χ4n) is 1.98. The monoisotopic (exact) mass is 265 g/mol. The van der Waals surface area contributed by atoms with Crippen LogP contribution in [0.2, 0.25) is 5.02 Å². The van der Waals surface area contributed by atoms with Gasteiger partial charge >= 0.3 is 0 Å². The fraction of sp³-hybridized carbons (Fsp3) is 0.286. The van der Waals surface area contributed by atoms with Gasteiger partial charge in [0.25, 0.3) is 0 Å². The molecule has 0 saturated carbocycles. The molecule has 1 unspecified atom stereocenters. The minimum absolute atomic E-state index is 0.377. The van der Waals surface area contributed by atoms with Crippen molar-refractivity contribution in [3.63, 3.8) is 0 Å². The Morgan fingerprint density at radius 1 is 1.24 bits per heavy atom. The molecule has 0 aliphatic rings. The summed E-state index contributed by atoms with van der Waals surface area (Å²) in [6, 6.07) is 10.7. The number of likely N-dealkylation sites (N-methyl/N-ethyl adjacent to an activating group) is 1. The summed E-state index contributed by atoms with van der Waals surface area (Å²) in [5.74, 6) is 0. The summed E-state index contributed by atoms with van der Waals surface area (Å²) in [5.41, 5.74) is 2.70. The lowest BCUT2D eigenvalue weighted by molar-refractivity contribution is 0.591. The van der Waals surface area contributed by atoms with Crippen molar-refractivity contribution in [1.82, 2.24) is 5.32 Å². The SMILES string of the molecule is CNC(Cc1ccc(Cl)cc1)c1ccsc1C. The van der Waals surface area contributed by atoms with Crippen LogP contribution in [0.25, 0.3) is 0 Å². The standard InChI is InChI=1S/C14H16ClNS/c1-10-13(7-8-17-10)14(16-2)9-11-3-5-12(15)6-4-11/h3-8,14,16H,9H2,1-2H3. The maximum absolute atomic E-state index is 5.89. The third-order valence-electron chi connectivity index (χ3n) is 2.98. The van der Waals surface area contributed by atoms with Crippen molar-refractivity contribution in [2.75, 3.05) is 7.05 Å². The molecule has 2 rings (SSSR count). The lowest BCUT2D eigenvalue weighted by Gasteiger charge is -2.16. The quantitative estimate of drug-likeness (QED) is 0.873. The number of hydrogen-bond donors (Lipinski definition) is 1. The zero-order valence-corrected chi connectivity index (χ0v) is 11.6. The summed E-state index contributed by atoms with van der Waals surface area (Å²) in [4.78, 5) is 1.39. The molecular weight excluding hydrogens is 250 g/mol. The molecule has 90 valence electrons. The van der Waals surface area contributed by atoms with E-state index in [1.54, 1.807) is 11.3 Å². The van der Waals surface area contributed by atoms with Crippen molar-refractivity contribution in [2.24, 2.45) is 0 Å². The highest BCUT2D eigenvalue weighted by atomic mass is 35.5. The molecule has 1 heterocycles. The van der Waals surface area contributed by atoms with Gasteiger partial charge in [0, 0.05) is 15.9 Å². The molecule has 1 nitrogen and oxygen atoms in total. The molecular formula is C14H16ClNS. The molecule has 0 aliphatic heterocycles. The van der Waals surface area contributed by atoms with Crippen LogP contribution in [-0.2, 0) is 6.42 Å². The predicted molar refractivity (Wildman–Crippen MR) is 76.0 cm³/mol. The minimum atomic E-state index is 0.377. The Balaban J connectivity index is 2.16. The first kappa shape index (κ1) is 12.6. The van der Waals surface area contributed by atoms with Gasteiger partial charge < -0.3 is 5.32 Å². The van der Waals surface area contributed by atoms with Crippen LogP contribution < -0.4 is 5.32 Å². The molecule has 0 spiro atoms. The third-order valence-corrected chi connectivity index (χ3v) is 4.09. The van der Waals surface area contributed by atoms with E-state index >= 15 is 0 Å². The van der Waals surface area contributed by atoms with E-state index < -0.39 is 0 Å². The largest absolute Gasteiger partial charge is 0.313 e. The zero-order chi connectivity index (χ0) is 12.3. The maximum atomic E-state index is 5.89. The highest BCUT2D eigenvalue weighted by Crippen LogP contribution is 2.25. The Kier molecular flexibility index (Phi) is 4.21. The normalized spacial score (nSPS) is 12.6. The van der Waals surface area contributed by atoms with E-state index in [1.165, 1.54) is 16.0 Å². The third kappa shape index (κ3) is 3.09. The van der Waals surface area contributed by atoms with Gasteiger partial charge in [0.1, 0.15) is 0 Å². The Bertz CT molecular complexity index is 475. The van der Waals surface area contributed by atoms with Crippen LogP contribution in [0.5, 0.6) is 0 Å². The Morgan fingerprint density at radius 2 is 1.94 bits per heavy atom. The number of aryl methyl sites for hydroxylation is 1. The van der Waals surface area contributed by atoms with Gasteiger partial charge in [0.15, 0.2) is 0 Å². The molecule has 0 bridgehead atoms. The van der Waals surface area contributed by atoms with Gasteiger partial charge in [-0.05, 0) is 55.1 Å². The van der Waals surface area contributed by atoms with Gasteiger partial charge in [-0.1, -0.05) is 23.7 Å². The van der Waals surface area contributed by atoms with Crippen molar-refractivity contribution >= 4 is 22.9 Å². The first-order valence-corrected chi connectivity index (χ1v) is 6.92. The Hall–Kier alpha value is -0.830. The molecule has 0 aliphatic carbocycles. The van der Waals surface area contributed by atoms with Crippen molar-refractivity contribution in [2.45, 2.75) is 19.4 Å². The molecule has 0 amide bonds. The van der Waals surface area contributed by atoms with Crippen LogP contribution in [0.3, 0.4) is 0 Å². The number of hydrogen-bond acceptors (Lipinski definition) is 2. The van der Waals surface area contributed by atoms with Crippen LogP contribution in [0.15, 0.2) is 35.7 Å². The van der Waals surface area contributed by atoms with E-state index in [0.717, 1.165) is 11.4 Å². The predicted octanol–water partition coefficient (Wildman–Crippen LogP) is 4.21. The molecule has 17 heavy (non-hydrogen) atoms. The first-order valence-electron chi connectivity index (χ1n) is 5.66. The van der Waals surface area contributed by atoms with Crippen molar-refractivity contribution in [1.29, 1.82) is 0 Å². The van der Waals surface area contributed by atoms with Crippen molar-refractivity contribution < 1.29 is 0 Å². The summed E-state index contributed by atoms with van der Waals surface area (Å²) in [7, 11) is 2.01. The van der Waals surface area contributed by atoms with E-state index in [9.17, 15) is 0 Å². The van der Waals surface area contributed by atoms with Gasteiger partial charge in [-0.15, -0.1) is 11.3 Å². The van der Waals surface area contributed by atoms with Crippen LogP contribution in [0, 0.1) is 6.92 Å². The molecule has 1 N–H and O–H groups in total. The Labute approximate surface area is 111 Å². The highest BCUT2D eigenvalue weighted by molar-refractivity contribution is 7.10. The molecule has 3 heteroatoms. The summed E-state index contributed by atoms with van der Waals surface area (Å²) >= 11 is 7.69. The Morgan fingerprint density at radius 3 is 2.47 bits per heavy atom. The average Bonchev–Trinajstić information content (AvgIpc) is 2.75. The van der Waals surface area contributed by atoms with Crippen LogP contribution in [0.1, 0.15) is 22.0 Å². The number of rotatable bonds is 4. The molecule has 1 atom stereocenters. The summed E-state index contributed by atoms with van der Waals surface area (Å²) in [6.07, 6.45) is 0.991. The lowest BCUT2D eigenvalue weighted by atomic mass is 10.00. The molecule has 1 aromatic carbocycles. The summed E-state index contributed by atoms with van der Waals surface area (Å²) in [6.45, 7) is 2.17. The second kappa shape index (κ2) is 5.67. The topological polar surface area (TPSA) is 12.0 Å². The molecule has 0 fully saturated rings. The van der Waals surface area contributed by atoms with Crippen LogP contribution in [0.4, 0.5) is 0 Å². The molecule has 2 aromatic rings. The fourth-order valence-corrected chi connectivity index (χ4v) is 2.87. The number of nitrogens with one attached hydrogen (secondary N) is 1. The molecule has 1 aromatic heterocycles. The van der Waals surface area contributed by atoms with Gasteiger partial charge in [-0.25, -0.2) is 0 Å². The maximum Gasteiger partial charge on any atom is 0.0406 e. The first-order chi connectivity index (χ1) is 8.20. The minimum Gasteiger partial charge on any atom is -0.313 e. The summed E-state index contributed by atoms with van der Waals surface area (Å²) < 4.78 is 0. The van der Waals surface area contributed by atoms with E-state index in [-0.39, 0.29) is 0 Å². The second-order valence-electron chi connectivity index (χ2n) is 4.10. The van der Waals surface area contributed by atoms with Gasteiger partial charge in [0.05, 0.1) is 0 Å². The van der Waals surface area contributed by atoms with E-state index in [0.29, 0.717) is 6.04 Å². The van der Waals surface area contributed by atoms with Crippen LogP contribution >= 0.6 is 22.9 Å². The summed E-state index contributed by atoms with van der Waals surface area (Å²) in [5, 5.41) is 6.32. The van der Waals surface area contributed by atoms with E-state index in [2.05, 4.69) is 35.8 Å². The van der Waals surface area contributed by atoms with Crippen molar-refractivity contribution in [3.8, 4) is 0 Å². The van der Waals surface area contributed by atoms with Gasteiger partial charge in [-0.3, -0.25) is 0 Å². The smallest absolute Gasteiger partial charge is 0.0406 e. The van der Waals surface area contributed by atoms with E-state index in [4.69, 9.17) is 11.6 Å². The lowest BCUT2D eigenvalue weighted by Crippen LogP contribution is -2.18. The number of benzene rings is 1. The van der Waals surface area contributed by atoms with Crippen LogP contribution in [-0.4, -0.2) is 7.05 Å². The van der Waals surface area contributed by atoms with Gasteiger partial charge in [0.2, 0.25) is 0 Å². The number of thiophene rings is 1. The highest BCUT2D eigenvalue weighted by Gasteiger charge is 2.13. The molecule has 0 radical (unpaired) electrons. The number of halogens is 1. The van der Waals surface area contributed by atoms with E-state index in [1.807, 2.05) is 19.2 Å². The van der Waals surface area contributed by atoms with Gasteiger partial charge in [-0.2, -0.15) is 0 Å².